The van der Waals surface area contributed by atoms with Gasteiger partial charge in [0, 0.05) is 17.8 Å². The molecule has 1 atom stereocenters. The number of alkyl halides is 3. The average Bonchev–Trinajstić information content (AvgIpc) is 2.69. The summed E-state index contributed by atoms with van der Waals surface area (Å²) in [6.07, 6.45) is -1.86. The van der Waals surface area contributed by atoms with Crippen LogP contribution in [0.4, 0.5) is 18.9 Å². The standard InChI is InChI=1S/C19H16Cl2F3N3O2/c20-12-5-6-14(13(21)9-12)26-17(28)15-3-1-2-8-27(15)18(29)11-4-7-16(25-10-11)19(22,23)24/h4-7,9-10,15H,1-3,8H2,(H,26,28). The third kappa shape index (κ3) is 5.00. The van der Waals surface area contributed by atoms with Gasteiger partial charge in [-0.15, -0.1) is 0 Å². The number of aromatic nitrogens is 1. The van der Waals surface area contributed by atoms with E-state index in [4.69, 9.17) is 23.2 Å². The number of nitrogens with one attached hydrogen (secondary N) is 1. The van der Waals surface area contributed by atoms with Gasteiger partial charge in [0.25, 0.3) is 5.91 Å². The third-order valence-electron chi connectivity index (χ3n) is 4.56. The largest absolute Gasteiger partial charge is 0.433 e. The number of carbonyl (C=O) groups excluding carboxylic acids is 2. The zero-order chi connectivity index (χ0) is 21.2. The van der Waals surface area contributed by atoms with Crippen molar-refractivity contribution in [2.24, 2.45) is 0 Å². The minimum atomic E-state index is -4.59. The van der Waals surface area contributed by atoms with Crippen molar-refractivity contribution in [3.05, 3.63) is 57.8 Å². The van der Waals surface area contributed by atoms with Gasteiger partial charge in [0.1, 0.15) is 11.7 Å². The first kappa shape index (κ1) is 21.4. The second-order valence-corrected chi connectivity index (χ2v) is 7.40. The Morgan fingerprint density at radius 3 is 2.52 bits per heavy atom. The molecule has 1 N–H and O–H groups in total. The van der Waals surface area contributed by atoms with Crippen LogP contribution in [0.25, 0.3) is 0 Å². The minimum Gasteiger partial charge on any atom is -0.327 e. The smallest absolute Gasteiger partial charge is 0.327 e. The van der Waals surface area contributed by atoms with Crippen LogP contribution >= 0.6 is 23.2 Å². The van der Waals surface area contributed by atoms with E-state index in [1.807, 2.05) is 0 Å². The first-order valence-corrected chi connectivity index (χ1v) is 9.52. The number of hydrogen-bond donors (Lipinski definition) is 1. The lowest BCUT2D eigenvalue weighted by atomic mass is 10.00. The SMILES string of the molecule is O=C(Nc1ccc(Cl)cc1Cl)C1CCCCN1C(=O)c1ccc(C(F)(F)F)nc1. The lowest BCUT2D eigenvalue weighted by Crippen LogP contribution is -2.50. The van der Waals surface area contributed by atoms with Crippen molar-refractivity contribution in [1.82, 2.24) is 9.88 Å². The first-order valence-electron chi connectivity index (χ1n) is 8.77. The van der Waals surface area contributed by atoms with E-state index in [9.17, 15) is 22.8 Å². The number of halogens is 5. The summed E-state index contributed by atoms with van der Waals surface area (Å²) in [6, 6.07) is 5.65. The van der Waals surface area contributed by atoms with Crippen molar-refractivity contribution < 1.29 is 22.8 Å². The van der Waals surface area contributed by atoms with Gasteiger partial charge in [-0.25, -0.2) is 0 Å². The van der Waals surface area contributed by atoms with Crippen LogP contribution in [0.1, 0.15) is 35.3 Å². The highest BCUT2D eigenvalue weighted by Crippen LogP contribution is 2.29. The van der Waals surface area contributed by atoms with Crippen LogP contribution in [-0.4, -0.2) is 34.3 Å². The van der Waals surface area contributed by atoms with E-state index >= 15 is 0 Å². The second kappa shape index (κ2) is 8.59. The summed E-state index contributed by atoms with van der Waals surface area (Å²) >= 11 is 11.9. The number of nitrogens with zero attached hydrogens (tertiary/aromatic N) is 2. The Morgan fingerprint density at radius 2 is 1.90 bits per heavy atom. The zero-order valence-corrected chi connectivity index (χ0v) is 16.5. The molecule has 29 heavy (non-hydrogen) atoms. The maximum Gasteiger partial charge on any atom is 0.433 e. The molecule has 0 aliphatic carbocycles. The average molecular weight is 446 g/mol. The monoisotopic (exact) mass is 445 g/mol. The Morgan fingerprint density at radius 1 is 1.14 bits per heavy atom. The third-order valence-corrected chi connectivity index (χ3v) is 5.10. The molecule has 2 aromatic rings. The summed E-state index contributed by atoms with van der Waals surface area (Å²) in [5.74, 6) is -0.976. The molecule has 1 unspecified atom stereocenters. The molecule has 1 aliphatic heterocycles. The summed E-state index contributed by atoms with van der Waals surface area (Å²) in [7, 11) is 0. The second-order valence-electron chi connectivity index (χ2n) is 6.55. The van der Waals surface area contributed by atoms with E-state index in [1.165, 1.54) is 11.0 Å². The van der Waals surface area contributed by atoms with Crippen molar-refractivity contribution in [3.63, 3.8) is 0 Å². The number of benzene rings is 1. The number of rotatable bonds is 3. The topological polar surface area (TPSA) is 62.3 Å². The Kier molecular flexibility index (Phi) is 6.33. The number of piperidine rings is 1. The molecule has 1 fully saturated rings. The Hall–Kier alpha value is -2.32. The van der Waals surface area contributed by atoms with Crippen molar-refractivity contribution in [2.45, 2.75) is 31.5 Å². The predicted octanol–water partition coefficient (Wildman–Crippen LogP) is 5.04. The highest BCUT2D eigenvalue weighted by atomic mass is 35.5. The molecule has 0 radical (unpaired) electrons. The van der Waals surface area contributed by atoms with Gasteiger partial charge < -0.3 is 10.2 Å². The Labute approximate surface area is 174 Å². The van der Waals surface area contributed by atoms with E-state index < -0.39 is 29.7 Å². The molecule has 1 saturated heterocycles. The summed E-state index contributed by atoms with van der Waals surface area (Å²) in [6.45, 7) is 0.312. The number of hydrogen-bond acceptors (Lipinski definition) is 3. The fraction of sp³-hybridized carbons (Fsp3) is 0.316. The molecule has 1 aliphatic rings. The van der Waals surface area contributed by atoms with E-state index in [0.29, 0.717) is 30.1 Å². The molecule has 1 aromatic carbocycles. The van der Waals surface area contributed by atoms with Gasteiger partial charge in [-0.05, 0) is 49.6 Å². The van der Waals surface area contributed by atoms with E-state index in [-0.39, 0.29) is 10.6 Å². The number of anilines is 1. The number of pyridine rings is 1. The van der Waals surface area contributed by atoms with Crippen LogP contribution in [0.3, 0.4) is 0 Å². The van der Waals surface area contributed by atoms with Crippen molar-refractivity contribution in [2.75, 3.05) is 11.9 Å². The molecule has 5 nitrogen and oxygen atoms in total. The molecule has 2 amide bonds. The van der Waals surface area contributed by atoms with Gasteiger partial charge in [0.05, 0.1) is 16.3 Å². The van der Waals surface area contributed by atoms with Crippen LogP contribution in [0.15, 0.2) is 36.5 Å². The van der Waals surface area contributed by atoms with Crippen molar-refractivity contribution in [3.8, 4) is 0 Å². The first-order chi connectivity index (χ1) is 13.7. The number of amides is 2. The van der Waals surface area contributed by atoms with Gasteiger partial charge in [-0.3, -0.25) is 14.6 Å². The molecule has 0 spiro atoms. The van der Waals surface area contributed by atoms with Gasteiger partial charge in [0.2, 0.25) is 5.91 Å². The van der Waals surface area contributed by atoms with Crippen LogP contribution in [0, 0.1) is 0 Å². The summed E-state index contributed by atoms with van der Waals surface area (Å²) < 4.78 is 38.0. The highest BCUT2D eigenvalue weighted by Gasteiger charge is 2.35. The molecular formula is C19H16Cl2F3N3O2. The number of likely N-dealkylation sites (tertiary alicyclic amines) is 1. The molecule has 1 aromatic heterocycles. The maximum absolute atomic E-state index is 12.8. The lowest BCUT2D eigenvalue weighted by molar-refractivity contribution is -0.141. The molecule has 2 heterocycles. The molecule has 0 bridgehead atoms. The Balaban J connectivity index is 1.78. The number of carbonyl (C=O) groups is 2. The van der Waals surface area contributed by atoms with Gasteiger partial charge >= 0.3 is 6.18 Å². The minimum absolute atomic E-state index is 0.0118. The molecule has 154 valence electrons. The van der Waals surface area contributed by atoms with E-state index in [0.717, 1.165) is 24.8 Å². The molecular weight excluding hydrogens is 430 g/mol. The van der Waals surface area contributed by atoms with Gasteiger partial charge in [-0.2, -0.15) is 13.2 Å². The van der Waals surface area contributed by atoms with Crippen LogP contribution in [0.5, 0.6) is 0 Å². The molecule has 0 saturated carbocycles. The molecule has 3 rings (SSSR count). The van der Waals surface area contributed by atoms with Crippen LogP contribution in [-0.2, 0) is 11.0 Å². The highest BCUT2D eigenvalue weighted by molar-refractivity contribution is 6.36. The van der Waals surface area contributed by atoms with Crippen molar-refractivity contribution >= 4 is 40.7 Å². The van der Waals surface area contributed by atoms with Crippen molar-refractivity contribution in [1.29, 1.82) is 0 Å². The quantitative estimate of drug-likeness (QED) is 0.719. The Bertz CT molecular complexity index is 920. The normalized spacial score (nSPS) is 17.1. The van der Waals surface area contributed by atoms with Gasteiger partial charge in [0.15, 0.2) is 0 Å². The summed E-state index contributed by atoms with van der Waals surface area (Å²) in [5.41, 5.74) is -0.739. The maximum atomic E-state index is 12.8. The summed E-state index contributed by atoms with van der Waals surface area (Å²) in [4.78, 5) is 30.3. The zero-order valence-electron chi connectivity index (χ0n) is 15.0. The van der Waals surface area contributed by atoms with E-state index in [1.54, 1.807) is 12.1 Å². The fourth-order valence-corrected chi connectivity index (χ4v) is 3.56. The van der Waals surface area contributed by atoms with E-state index in [2.05, 4.69) is 10.3 Å². The van der Waals surface area contributed by atoms with Crippen LogP contribution in [0.2, 0.25) is 10.0 Å². The van der Waals surface area contributed by atoms with Crippen LogP contribution < -0.4 is 5.32 Å². The summed E-state index contributed by atoms with van der Waals surface area (Å²) in [5, 5.41) is 3.35. The molecule has 10 heteroatoms. The lowest BCUT2D eigenvalue weighted by Gasteiger charge is -2.34. The fourth-order valence-electron chi connectivity index (χ4n) is 3.11. The predicted molar refractivity (Wildman–Crippen MR) is 103 cm³/mol. The van der Waals surface area contributed by atoms with Gasteiger partial charge in [-0.1, -0.05) is 23.2 Å².